The molecule has 0 aromatic carbocycles. The Hall–Kier alpha value is -1.05. The van der Waals surface area contributed by atoms with Crippen LogP contribution < -0.4 is 5.32 Å². The number of hydrogen-bond donors (Lipinski definition) is 1. The lowest BCUT2D eigenvalue weighted by atomic mass is 10.1. The Kier molecular flexibility index (Phi) is 6.17. The number of thiophene rings is 1. The second kappa shape index (κ2) is 7.40. The Balaban J connectivity index is 2.77. The zero-order chi connectivity index (χ0) is 13.5. The summed E-state index contributed by atoms with van der Waals surface area (Å²) in [6, 6.07) is 3.98. The molecule has 0 bridgehead atoms. The Morgan fingerprint density at radius 1 is 1.67 bits per heavy atom. The first-order chi connectivity index (χ1) is 8.62. The fraction of sp³-hybridized carbons (Fsp3) is 0.538. The van der Waals surface area contributed by atoms with Crippen molar-refractivity contribution in [2.24, 2.45) is 5.92 Å². The molecule has 5 heteroatoms. The van der Waals surface area contributed by atoms with Gasteiger partial charge in [0.05, 0.1) is 5.56 Å². The number of halogens is 1. The van der Waals surface area contributed by atoms with Gasteiger partial charge in [-0.15, -0.1) is 22.9 Å². The SMILES string of the molecule is CCCc1cc(C#N)c(NC(=O)C(C)CCCl)s1. The zero-order valence-electron chi connectivity index (χ0n) is 10.6. The molecule has 18 heavy (non-hydrogen) atoms. The second-order valence-electron chi connectivity index (χ2n) is 4.19. The Morgan fingerprint density at radius 3 is 2.94 bits per heavy atom. The maximum absolute atomic E-state index is 11.9. The van der Waals surface area contributed by atoms with Crippen LogP contribution in [0.25, 0.3) is 0 Å². The number of nitrogens with one attached hydrogen (secondary N) is 1. The standard InChI is InChI=1S/C13H17ClN2OS/c1-3-4-11-7-10(8-15)13(18-11)16-12(17)9(2)5-6-14/h7,9H,3-6H2,1-2H3,(H,16,17). The second-order valence-corrected chi connectivity index (χ2v) is 5.70. The predicted octanol–water partition coefficient (Wildman–Crippen LogP) is 3.78. The van der Waals surface area contributed by atoms with Crippen molar-refractivity contribution in [3.8, 4) is 6.07 Å². The first-order valence-electron chi connectivity index (χ1n) is 6.02. The monoisotopic (exact) mass is 284 g/mol. The van der Waals surface area contributed by atoms with Gasteiger partial charge in [-0.1, -0.05) is 20.3 Å². The Morgan fingerprint density at radius 2 is 2.39 bits per heavy atom. The number of anilines is 1. The average Bonchev–Trinajstić information content (AvgIpc) is 2.72. The molecule has 0 radical (unpaired) electrons. The van der Waals surface area contributed by atoms with Gasteiger partial charge < -0.3 is 5.32 Å². The highest BCUT2D eigenvalue weighted by Gasteiger charge is 2.16. The molecule has 1 N–H and O–H groups in total. The van der Waals surface area contributed by atoms with E-state index in [2.05, 4.69) is 18.3 Å². The van der Waals surface area contributed by atoms with E-state index < -0.39 is 0 Å². The molecule has 1 rings (SSSR count). The van der Waals surface area contributed by atoms with Crippen molar-refractivity contribution in [3.05, 3.63) is 16.5 Å². The number of alkyl halides is 1. The highest BCUT2D eigenvalue weighted by Crippen LogP contribution is 2.29. The quantitative estimate of drug-likeness (QED) is 0.808. The fourth-order valence-electron chi connectivity index (χ4n) is 1.52. The molecule has 98 valence electrons. The van der Waals surface area contributed by atoms with Crippen molar-refractivity contribution in [1.82, 2.24) is 0 Å². The summed E-state index contributed by atoms with van der Waals surface area (Å²) < 4.78 is 0. The third kappa shape index (κ3) is 4.01. The van der Waals surface area contributed by atoms with Crippen LogP contribution in [0.5, 0.6) is 0 Å². The smallest absolute Gasteiger partial charge is 0.227 e. The number of amides is 1. The van der Waals surface area contributed by atoms with Crippen LogP contribution in [0.1, 0.15) is 37.1 Å². The predicted molar refractivity (Wildman–Crippen MR) is 76.2 cm³/mol. The minimum Gasteiger partial charge on any atom is -0.316 e. The van der Waals surface area contributed by atoms with Gasteiger partial charge in [0.15, 0.2) is 0 Å². The van der Waals surface area contributed by atoms with Gasteiger partial charge in [0, 0.05) is 16.7 Å². The molecule has 1 heterocycles. The van der Waals surface area contributed by atoms with E-state index >= 15 is 0 Å². The van der Waals surface area contributed by atoms with E-state index in [-0.39, 0.29) is 11.8 Å². The minimum atomic E-state index is -0.134. The van der Waals surface area contributed by atoms with E-state index in [1.165, 1.54) is 11.3 Å². The van der Waals surface area contributed by atoms with Gasteiger partial charge in [-0.05, 0) is 18.9 Å². The third-order valence-corrected chi connectivity index (χ3v) is 3.95. The van der Waals surface area contributed by atoms with Crippen LogP contribution in [0, 0.1) is 17.2 Å². The molecule has 0 spiro atoms. The normalized spacial score (nSPS) is 11.9. The molecule has 0 aliphatic carbocycles. The zero-order valence-corrected chi connectivity index (χ0v) is 12.2. The van der Waals surface area contributed by atoms with Crippen molar-refractivity contribution in [1.29, 1.82) is 5.26 Å². The first kappa shape index (κ1) is 15.0. The summed E-state index contributed by atoms with van der Waals surface area (Å²) in [7, 11) is 0. The summed E-state index contributed by atoms with van der Waals surface area (Å²) in [6.45, 7) is 3.93. The van der Waals surface area contributed by atoms with Crippen LogP contribution in [0.2, 0.25) is 0 Å². The molecule has 0 aliphatic rings. The molecular formula is C13H17ClN2OS. The van der Waals surface area contributed by atoms with Crippen LogP contribution >= 0.6 is 22.9 Å². The van der Waals surface area contributed by atoms with E-state index in [1.807, 2.05) is 13.0 Å². The molecule has 0 saturated heterocycles. The van der Waals surface area contributed by atoms with E-state index in [1.54, 1.807) is 0 Å². The highest BCUT2D eigenvalue weighted by molar-refractivity contribution is 7.16. The maximum Gasteiger partial charge on any atom is 0.227 e. The number of nitrogens with zero attached hydrogens (tertiary/aromatic N) is 1. The molecule has 1 aromatic rings. The van der Waals surface area contributed by atoms with Crippen LogP contribution in [-0.4, -0.2) is 11.8 Å². The molecule has 1 atom stereocenters. The van der Waals surface area contributed by atoms with Crippen LogP contribution in [0.4, 0.5) is 5.00 Å². The van der Waals surface area contributed by atoms with Crippen molar-refractivity contribution < 1.29 is 4.79 Å². The first-order valence-corrected chi connectivity index (χ1v) is 7.37. The summed E-state index contributed by atoms with van der Waals surface area (Å²) >= 11 is 7.10. The largest absolute Gasteiger partial charge is 0.316 e. The van der Waals surface area contributed by atoms with Gasteiger partial charge in [-0.3, -0.25) is 4.79 Å². The van der Waals surface area contributed by atoms with Crippen molar-refractivity contribution in [3.63, 3.8) is 0 Å². The summed E-state index contributed by atoms with van der Waals surface area (Å²) in [4.78, 5) is 13.0. The third-order valence-electron chi connectivity index (χ3n) is 2.63. The molecule has 1 amide bonds. The number of carbonyl (C=O) groups is 1. The lowest BCUT2D eigenvalue weighted by molar-refractivity contribution is -0.119. The number of aryl methyl sites for hydroxylation is 1. The number of rotatable bonds is 6. The Bertz CT molecular complexity index is 450. The Labute approximate surface area is 117 Å². The van der Waals surface area contributed by atoms with Gasteiger partial charge in [0.25, 0.3) is 0 Å². The van der Waals surface area contributed by atoms with Gasteiger partial charge in [0.2, 0.25) is 5.91 Å². The van der Waals surface area contributed by atoms with E-state index in [0.717, 1.165) is 17.7 Å². The molecule has 1 unspecified atom stereocenters. The summed E-state index contributed by atoms with van der Waals surface area (Å²) in [6.07, 6.45) is 2.61. The van der Waals surface area contributed by atoms with Crippen LogP contribution in [-0.2, 0) is 11.2 Å². The molecule has 0 saturated carbocycles. The molecular weight excluding hydrogens is 268 g/mol. The molecule has 3 nitrogen and oxygen atoms in total. The average molecular weight is 285 g/mol. The summed E-state index contributed by atoms with van der Waals surface area (Å²) in [5, 5.41) is 12.5. The highest BCUT2D eigenvalue weighted by atomic mass is 35.5. The van der Waals surface area contributed by atoms with E-state index in [9.17, 15) is 4.79 Å². The van der Waals surface area contributed by atoms with Gasteiger partial charge >= 0.3 is 0 Å². The molecule has 1 aromatic heterocycles. The summed E-state index contributed by atoms with van der Waals surface area (Å²) in [5.74, 6) is 0.258. The van der Waals surface area contributed by atoms with Gasteiger partial charge in [-0.25, -0.2) is 0 Å². The van der Waals surface area contributed by atoms with Crippen LogP contribution in [0.3, 0.4) is 0 Å². The van der Waals surface area contributed by atoms with Crippen molar-refractivity contribution in [2.45, 2.75) is 33.1 Å². The van der Waals surface area contributed by atoms with E-state index in [4.69, 9.17) is 16.9 Å². The number of carbonyl (C=O) groups excluding carboxylic acids is 1. The van der Waals surface area contributed by atoms with Crippen molar-refractivity contribution >= 4 is 33.8 Å². The van der Waals surface area contributed by atoms with Gasteiger partial charge in [-0.2, -0.15) is 5.26 Å². The maximum atomic E-state index is 11.9. The molecule has 0 aliphatic heterocycles. The molecule has 0 fully saturated rings. The summed E-state index contributed by atoms with van der Waals surface area (Å²) in [5.41, 5.74) is 0.551. The fourth-order valence-corrected chi connectivity index (χ4v) is 2.96. The minimum absolute atomic E-state index is 0.0722. The van der Waals surface area contributed by atoms with E-state index in [0.29, 0.717) is 22.9 Å². The van der Waals surface area contributed by atoms with Crippen molar-refractivity contribution in [2.75, 3.05) is 11.2 Å². The number of nitriles is 1. The van der Waals surface area contributed by atoms with Crippen LogP contribution in [0.15, 0.2) is 6.07 Å². The topological polar surface area (TPSA) is 52.9 Å². The lowest BCUT2D eigenvalue weighted by Crippen LogP contribution is -2.20. The van der Waals surface area contributed by atoms with Gasteiger partial charge in [0.1, 0.15) is 11.1 Å². The number of hydrogen-bond acceptors (Lipinski definition) is 3. The lowest BCUT2D eigenvalue weighted by Gasteiger charge is -2.09.